The van der Waals surface area contributed by atoms with E-state index in [0.29, 0.717) is 27.9 Å². The lowest BCUT2D eigenvalue weighted by molar-refractivity contribution is -0.117. The summed E-state index contributed by atoms with van der Waals surface area (Å²) >= 11 is 7.36. The first-order chi connectivity index (χ1) is 17.4. The van der Waals surface area contributed by atoms with Crippen LogP contribution in [-0.4, -0.2) is 24.2 Å². The number of nitriles is 1. The predicted molar refractivity (Wildman–Crippen MR) is 143 cm³/mol. The Hall–Kier alpha value is -3.73. The molecule has 2 unspecified atom stereocenters. The predicted octanol–water partition coefficient (Wildman–Crippen LogP) is 5.65. The molecule has 6 nitrogen and oxygen atoms in total. The molecule has 8 heteroatoms. The molecule has 3 aromatic carbocycles. The first kappa shape index (κ1) is 25.4. The number of thioether (sulfide) groups is 1. The molecule has 0 aromatic heterocycles. The molecule has 1 aliphatic heterocycles. The van der Waals surface area contributed by atoms with E-state index in [4.69, 9.17) is 16.3 Å². The van der Waals surface area contributed by atoms with Gasteiger partial charge in [0.05, 0.1) is 18.4 Å². The highest BCUT2D eigenvalue weighted by atomic mass is 35.5. The van der Waals surface area contributed by atoms with Crippen molar-refractivity contribution in [1.82, 2.24) is 5.32 Å². The molecule has 4 rings (SSSR count). The minimum absolute atomic E-state index is 0.111. The van der Waals surface area contributed by atoms with Gasteiger partial charge < -0.3 is 10.1 Å². The van der Waals surface area contributed by atoms with Crippen LogP contribution in [0.4, 0.5) is 5.69 Å². The van der Waals surface area contributed by atoms with Gasteiger partial charge >= 0.3 is 0 Å². The molecular weight excluding hydrogens is 494 g/mol. The Morgan fingerprint density at radius 2 is 1.86 bits per heavy atom. The molecule has 1 aliphatic rings. The van der Waals surface area contributed by atoms with Gasteiger partial charge in [-0.25, -0.2) is 0 Å². The lowest BCUT2D eigenvalue weighted by atomic mass is 10.1. The monoisotopic (exact) mass is 517 g/mol. The molecule has 0 radical (unpaired) electrons. The van der Waals surface area contributed by atoms with Crippen LogP contribution in [0.25, 0.3) is 0 Å². The van der Waals surface area contributed by atoms with Crippen LogP contribution in [0.2, 0.25) is 5.02 Å². The van der Waals surface area contributed by atoms with Crippen LogP contribution in [0.15, 0.2) is 89.5 Å². The van der Waals surface area contributed by atoms with Crippen molar-refractivity contribution in [2.45, 2.75) is 24.6 Å². The summed E-state index contributed by atoms with van der Waals surface area (Å²) in [6.07, 6.45) is 0.404. The Labute approximate surface area is 219 Å². The van der Waals surface area contributed by atoms with Crippen molar-refractivity contribution < 1.29 is 14.3 Å². The van der Waals surface area contributed by atoms with Gasteiger partial charge in [-0.1, -0.05) is 65.8 Å². The van der Waals surface area contributed by atoms with Crippen molar-refractivity contribution in [2.75, 3.05) is 12.0 Å². The molecule has 1 saturated heterocycles. The fourth-order valence-corrected chi connectivity index (χ4v) is 5.45. The molecule has 0 saturated carbocycles. The van der Waals surface area contributed by atoms with E-state index in [1.54, 1.807) is 37.4 Å². The number of hydrogen-bond acceptors (Lipinski definition) is 5. The minimum atomic E-state index is -0.536. The maximum Gasteiger partial charge on any atom is 0.265 e. The summed E-state index contributed by atoms with van der Waals surface area (Å²) in [4.78, 5) is 28.3. The highest BCUT2D eigenvalue weighted by molar-refractivity contribution is 8.05. The zero-order valence-corrected chi connectivity index (χ0v) is 21.3. The number of hydrogen-bond donors (Lipinski definition) is 1. The SMILES string of the molecule is COc1ccc(N2C(=O)C(Cc3cccc(Cl)c3)S/C2=C(/C#N)C(=O)NC(C)c2ccccc2)cc1. The number of halogens is 1. The van der Waals surface area contributed by atoms with Crippen LogP contribution in [0.5, 0.6) is 5.75 Å². The van der Waals surface area contributed by atoms with E-state index in [9.17, 15) is 14.9 Å². The second-order valence-corrected chi connectivity index (χ2v) is 9.84. The van der Waals surface area contributed by atoms with Crippen molar-refractivity contribution in [2.24, 2.45) is 0 Å². The van der Waals surface area contributed by atoms with E-state index in [2.05, 4.69) is 5.32 Å². The van der Waals surface area contributed by atoms with Crippen LogP contribution >= 0.6 is 23.4 Å². The summed E-state index contributed by atoms with van der Waals surface area (Å²) in [5, 5.41) is 13.3. The molecule has 36 heavy (non-hydrogen) atoms. The van der Waals surface area contributed by atoms with E-state index in [1.165, 1.54) is 16.7 Å². The Balaban J connectivity index is 1.70. The summed E-state index contributed by atoms with van der Waals surface area (Å²) in [5.41, 5.74) is 2.24. The number of carbonyl (C=O) groups excluding carboxylic acids is 2. The molecule has 2 atom stereocenters. The molecule has 182 valence electrons. The van der Waals surface area contributed by atoms with E-state index < -0.39 is 11.2 Å². The van der Waals surface area contributed by atoms with Crippen LogP contribution in [0.1, 0.15) is 24.1 Å². The summed E-state index contributed by atoms with van der Waals surface area (Å²) in [6.45, 7) is 1.85. The topological polar surface area (TPSA) is 82.4 Å². The molecule has 0 bridgehead atoms. The Bertz CT molecular complexity index is 1340. The lowest BCUT2D eigenvalue weighted by Crippen LogP contribution is -2.32. The van der Waals surface area contributed by atoms with E-state index in [0.717, 1.165) is 11.1 Å². The number of benzene rings is 3. The Kier molecular flexibility index (Phi) is 7.99. The second-order valence-electron chi connectivity index (χ2n) is 8.21. The van der Waals surface area contributed by atoms with Crippen molar-refractivity contribution in [1.29, 1.82) is 5.26 Å². The van der Waals surface area contributed by atoms with Gasteiger partial charge in [0.25, 0.3) is 5.91 Å². The maximum absolute atomic E-state index is 13.6. The van der Waals surface area contributed by atoms with Gasteiger partial charge in [0.15, 0.2) is 0 Å². The number of ether oxygens (including phenoxy) is 1. The van der Waals surface area contributed by atoms with E-state index in [1.807, 2.05) is 61.5 Å². The molecule has 2 amide bonds. The zero-order chi connectivity index (χ0) is 25.7. The summed E-state index contributed by atoms with van der Waals surface area (Å²) in [7, 11) is 1.56. The van der Waals surface area contributed by atoms with E-state index >= 15 is 0 Å². The second kappa shape index (κ2) is 11.3. The van der Waals surface area contributed by atoms with Crippen LogP contribution in [0.3, 0.4) is 0 Å². The highest BCUT2D eigenvalue weighted by Crippen LogP contribution is 2.42. The average Bonchev–Trinajstić information content (AvgIpc) is 3.20. The number of carbonyl (C=O) groups is 2. The lowest BCUT2D eigenvalue weighted by Gasteiger charge is -2.20. The largest absolute Gasteiger partial charge is 0.497 e. The molecule has 1 heterocycles. The smallest absolute Gasteiger partial charge is 0.265 e. The van der Waals surface area contributed by atoms with Crippen LogP contribution in [-0.2, 0) is 16.0 Å². The number of anilines is 1. The van der Waals surface area contributed by atoms with Gasteiger partial charge in [0, 0.05) is 10.7 Å². The van der Waals surface area contributed by atoms with Gasteiger partial charge in [-0.05, 0) is 60.9 Å². The summed E-state index contributed by atoms with van der Waals surface area (Å²) in [6, 6.07) is 25.5. The molecule has 0 aliphatic carbocycles. The first-order valence-corrected chi connectivity index (χ1v) is 12.6. The standard InChI is InChI=1S/C28H24ClN3O3S/c1-18(20-8-4-3-5-9-20)31-26(33)24(17-30)28-32(22-11-13-23(35-2)14-12-22)27(34)25(36-28)16-19-7-6-10-21(29)15-19/h3-15,18,25H,16H2,1-2H3,(H,31,33)/b28-24-. The number of nitrogens with one attached hydrogen (secondary N) is 1. The third-order valence-electron chi connectivity index (χ3n) is 5.79. The van der Waals surface area contributed by atoms with Gasteiger partial charge in [0.2, 0.25) is 5.91 Å². The van der Waals surface area contributed by atoms with Crippen molar-refractivity contribution >= 4 is 40.9 Å². The Morgan fingerprint density at radius 3 is 2.50 bits per heavy atom. The number of methoxy groups -OCH3 is 1. The molecular formula is C28H24ClN3O3S. The van der Waals surface area contributed by atoms with Gasteiger partial charge in [-0.3, -0.25) is 14.5 Å². The van der Waals surface area contributed by atoms with Crippen LogP contribution in [0, 0.1) is 11.3 Å². The molecule has 0 spiro atoms. The summed E-state index contributed by atoms with van der Waals surface area (Å²) < 4.78 is 5.24. The fraction of sp³-hybridized carbons (Fsp3) is 0.179. The molecule has 1 N–H and O–H groups in total. The zero-order valence-electron chi connectivity index (χ0n) is 19.8. The van der Waals surface area contributed by atoms with Crippen LogP contribution < -0.4 is 15.0 Å². The van der Waals surface area contributed by atoms with Crippen molar-refractivity contribution in [3.05, 3.63) is 106 Å². The first-order valence-electron chi connectivity index (χ1n) is 11.3. The van der Waals surface area contributed by atoms with Gasteiger partial charge in [-0.2, -0.15) is 5.26 Å². The van der Waals surface area contributed by atoms with Crippen molar-refractivity contribution in [3.63, 3.8) is 0 Å². The van der Waals surface area contributed by atoms with Gasteiger partial charge in [0.1, 0.15) is 22.4 Å². The van der Waals surface area contributed by atoms with Gasteiger partial charge in [-0.15, -0.1) is 0 Å². The highest BCUT2D eigenvalue weighted by Gasteiger charge is 2.41. The average molecular weight is 518 g/mol. The fourth-order valence-electron chi connectivity index (χ4n) is 3.93. The molecule has 1 fully saturated rings. The number of rotatable bonds is 7. The van der Waals surface area contributed by atoms with E-state index in [-0.39, 0.29) is 17.5 Å². The van der Waals surface area contributed by atoms with Crippen molar-refractivity contribution in [3.8, 4) is 11.8 Å². The molecule has 3 aromatic rings. The normalized spacial score (nSPS) is 17.3. The minimum Gasteiger partial charge on any atom is -0.497 e. The third-order valence-corrected chi connectivity index (χ3v) is 7.29. The number of amides is 2. The quantitative estimate of drug-likeness (QED) is 0.323. The third kappa shape index (κ3) is 5.56. The number of nitrogens with zero attached hydrogens (tertiary/aromatic N) is 2. The summed E-state index contributed by atoms with van der Waals surface area (Å²) in [5.74, 6) is -0.114. The maximum atomic E-state index is 13.6. The Morgan fingerprint density at radius 1 is 1.14 bits per heavy atom.